The van der Waals surface area contributed by atoms with Crippen LogP contribution in [0.2, 0.25) is 15.2 Å². The first-order chi connectivity index (χ1) is 13.0. The molecule has 0 amide bonds. The molecule has 0 spiro atoms. The Morgan fingerprint density at radius 1 is 1.14 bits per heavy atom. The lowest BCUT2D eigenvalue weighted by atomic mass is 10.2. The summed E-state index contributed by atoms with van der Waals surface area (Å²) in [6, 6.07) is 9.03. The second kappa shape index (κ2) is 10.3. The van der Waals surface area contributed by atoms with Crippen molar-refractivity contribution in [2.45, 2.75) is 13.1 Å². The first-order valence-corrected chi connectivity index (χ1v) is 9.14. The van der Waals surface area contributed by atoms with Crippen molar-refractivity contribution >= 4 is 64.7 Å². The number of benzene rings is 1. The van der Waals surface area contributed by atoms with Crippen molar-refractivity contribution in [2.24, 2.45) is 12.0 Å². The Hall–Kier alpha value is -1.49. The highest BCUT2D eigenvalue weighted by molar-refractivity contribution is 14.0. The fraction of sp³-hybridized carbons (Fsp3) is 0.235. The number of aromatic nitrogens is 3. The Kier molecular flexibility index (Phi) is 8.41. The van der Waals surface area contributed by atoms with Crippen molar-refractivity contribution < 1.29 is 4.52 Å². The maximum Gasteiger partial charge on any atom is 0.246 e. The van der Waals surface area contributed by atoms with Gasteiger partial charge in [0, 0.05) is 30.4 Å². The summed E-state index contributed by atoms with van der Waals surface area (Å²) in [5, 5.41) is 11.9. The highest BCUT2D eigenvalue weighted by Gasteiger charge is 2.11. The average molecular weight is 556 g/mol. The zero-order valence-electron chi connectivity index (χ0n) is 15.0. The van der Waals surface area contributed by atoms with Crippen molar-refractivity contribution in [3.05, 3.63) is 57.1 Å². The Bertz CT molecular complexity index is 954. The van der Waals surface area contributed by atoms with Crippen LogP contribution in [0.5, 0.6) is 0 Å². The minimum atomic E-state index is 0. The lowest BCUT2D eigenvalue weighted by Crippen LogP contribution is -2.36. The minimum Gasteiger partial charge on any atom is -0.351 e. The summed E-state index contributed by atoms with van der Waals surface area (Å²) in [6.45, 7) is 0.831. The molecule has 2 N–H and O–H groups in total. The van der Waals surface area contributed by atoms with Crippen molar-refractivity contribution in [3.63, 3.8) is 0 Å². The minimum absolute atomic E-state index is 0. The predicted octanol–water partition coefficient (Wildman–Crippen LogP) is 4.52. The summed E-state index contributed by atoms with van der Waals surface area (Å²) in [4.78, 5) is 8.53. The van der Waals surface area contributed by atoms with Gasteiger partial charge in [-0.2, -0.15) is 4.98 Å². The largest absolute Gasteiger partial charge is 0.351 e. The Balaban J connectivity index is 0.00000280. The van der Waals surface area contributed by atoms with Crippen LogP contribution in [0.3, 0.4) is 0 Å². The van der Waals surface area contributed by atoms with Gasteiger partial charge in [-0.05, 0) is 30.3 Å². The van der Waals surface area contributed by atoms with Crippen LogP contribution in [0.4, 0.5) is 0 Å². The lowest BCUT2D eigenvalue weighted by Gasteiger charge is -2.11. The molecule has 0 atom stereocenters. The number of nitrogens with zero attached hydrogens (tertiary/aromatic N) is 4. The van der Waals surface area contributed by atoms with Gasteiger partial charge in [0.1, 0.15) is 5.15 Å². The zero-order valence-corrected chi connectivity index (χ0v) is 19.6. The second-order valence-electron chi connectivity index (χ2n) is 5.63. The van der Waals surface area contributed by atoms with Gasteiger partial charge in [-0.3, -0.25) is 4.99 Å². The number of hydrogen-bond acceptors (Lipinski definition) is 4. The third-order valence-corrected chi connectivity index (χ3v) is 4.95. The van der Waals surface area contributed by atoms with Gasteiger partial charge in [0.25, 0.3) is 0 Å². The van der Waals surface area contributed by atoms with E-state index in [1.165, 1.54) is 0 Å². The van der Waals surface area contributed by atoms with Gasteiger partial charge in [0.2, 0.25) is 11.7 Å². The summed E-state index contributed by atoms with van der Waals surface area (Å²) in [7, 11) is 3.52. The number of rotatable bonds is 5. The fourth-order valence-corrected chi connectivity index (χ4v) is 2.90. The molecule has 3 rings (SSSR count). The van der Waals surface area contributed by atoms with Crippen molar-refractivity contribution in [3.8, 4) is 11.4 Å². The highest BCUT2D eigenvalue weighted by atomic mass is 127. The van der Waals surface area contributed by atoms with Crippen molar-refractivity contribution in [2.75, 3.05) is 7.05 Å². The van der Waals surface area contributed by atoms with E-state index in [9.17, 15) is 0 Å². The van der Waals surface area contributed by atoms with Gasteiger partial charge < -0.3 is 19.7 Å². The SMILES string of the molecule is CN=C(NCc1nc(-c2ccc(Cl)cc2)no1)NCc1cc(Cl)c(Cl)n1C.I. The van der Waals surface area contributed by atoms with Gasteiger partial charge in [0.05, 0.1) is 18.1 Å². The first kappa shape index (κ1) is 22.8. The number of halogens is 4. The molecule has 0 saturated heterocycles. The molecule has 7 nitrogen and oxygen atoms in total. The van der Waals surface area contributed by atoms with Crippen LogP contribution in [-0.4, -0.2) is 27.7 Å². The second-order valence-corrected chi connectivity index (χ2v) is 6.83. The molecule has 28 heavy (non-hydrogen) atoms. The van der Waals surface area contributed by atoms with E-state index in [0.29, 0.717) is 46.0 Å². The van der Waals surface area contributed by atoms with Crippen LogP contribution in [0.25, 0.3) is 11.4 Å². The number of aliphatic imine (C=N–C) groups is 1. The molecule has 0 fully saturated rings. The van der Waals surface area contributed by atoms with E-state index >= 15 is 0 Å². The van der Waals surface area contributed by atoms with Crippen LogP contribution in [0, 0.1) is 0 Å². The molecule has 2 heterocycles. The van der Waals surface area contributed by atoms with Crippen LogP contribution in [-0.2, 0) is 20.1 Å². The molecule has 0 aliphatic rings. The third-order valence-electron chi connectivity index (χ3n) is 3.85. The van der Waals surface area contributed by atoms with Gasteiger partial charge >= 0.3 is 0 Å². The molecule has 0 unspecified atom stereocenters. The molecular formula is C17H18Cl3IN6O. The smallest absolute Gasteiger partial charge is 0.246 e. The van der Waals surface area contributed by atoms with E-state index in [1.54, 1.807) is 29.8 Å². The molecular weight excluding hydrogens is 537 g/mol. The Morgan fingerprint density at radius 3 is 2.43 bits per heavy atom. The molecule has 0 radical (unpaired) electrons. The quantitative estimate of drug-likeness (QED) is 0.275. The summed E-state index contributed by atoms with van der Waals surface area (Å²) in [5.74, 6) is 1.52. The Morgan fingerprint density at radius 2 is 1.82 bits per heavy atom. The lowest BCUT2D eigenvalue weighted by molar-refractivity contribution is 0.375. The summed E-state index contributed by atoms with van der Waals surface area (Å²) < 4.78 is 7.07. The van der Waals surface area contributed by atoms with E-state index in [2.05, 4.69) is 25.8 Å². The van der Waals surface area contributed by atoms with E-state index in [-0.39, 0.29) is 24.0 Å². The monoisotopic (exact) mass is 554 g/mol. The van der Waals surface area contributed by atoms with Gasteiger partial charge in [0.15, 0.2) is 5.96 Å². The summed E-state index contributed by atoms with van der Waals surface area (Å²) in [5.41, 5.74) is 1.75. The number of nitrogens with one attached hydrogen (secondary N) is 2. The highest BCUT2D eigenvalue weighted by Crippen LogP contribution is 2.25. The fourth-order valence-electron chi connectivity index (χ4n) is 2.36. The molecule has 150 valence electrons. The standard InChI is InChI=1S/C17H17Cl3N6O.HI/c1-21-17(22-8-12-7-13(19)15(20)26(12)2)23-9-14-24-16(25-27-14)10-3-5-11(18)6-4-10;/h3-7H,8-9H2,1-2H3,(H2,21,22,23);1H. The molecule has 2 aromatic heterocycles. The van der Waals surface area contributed by atoms with E-state index in [1.807, 2.05) is 19.2 Å². The van der Waals surface area contributed by atoms with E-state index < -0.39 is 0 Å². The number of guanidine groups is 1. The van der Waals surface area contributed by atoms with Crippen molar-refractivity contribution in [1.82, 2.24) is 25.3 Å². The zero-order chi connectivity index (χ0) is 19.4. The molecule has 0 aliphatic heterocycles. The molecule has 11 heteroatoms. The topological polar surface area (TPSA) is 80.3 Å². The summed E-state index contributed by atoms with van der Waals surface area (Å²) in [6.07, 6.45) is 0. The molecule has 0 saturated carbocycles. The van der Waals surface area contributed by atoms with Crippen molar-refractivity contribution in [1.29, 1.82) is 0 Å². The maximum atomic E-state index is 6.07. The molecule has 1 aromatic carbocycles. The molecule has 0 aliphatic carbocycles. The van der Waals surface area contributed by atoms with Crippen LogP contribution < -0.4 is 10.6 Å². The average Bonchev–Trinajstić information content (AvgIpc) is 3.23. The molecule has 0 bridgehead atoms. The van der Waals surface area contributed by atoms with Crippen LogP contribution in [0.15, 0.2) is 39.8 Å². The normalized spacial score (nSPS) is 11.2. The van der Waals surface area contributed by atoms with Crippen LogP contribution in [0.1, 0.15) is 11.6 Å². The Labute approximate surface area is 194 Å². The van der Waals surface area contributed by atoms with Gasteiger partial charge in [-0.1, -0.05) is 40.0 Å². The first-order valence-electron chi connectivity index (χ1n) is 8.00. The predicted molar refractivity (Wildman–Crippen MR) is 123 cm³/mol. The van der Waals surface area contributed by atoms with E-state index in [4.69, 9.17) is 39.3 Å². The van der Waals surface area contributed by atoms with Gasteiger partial charge in [-0.15, -0.1) is 24.0 Å². The maximum absolute atomic E-state index is 6.07. The van der Waals surface area contributed by atoms with Crippen LogP contribution >= 0.6 is 58.8 Å². The van der Waals surface area contributed by atoms with Gasteiger partial charge in [-0.25, -0.2) is 0 Å². The number of hydrogen-bond donors (Lipinski definition) is 2. The van der Waals surface area contributed by atoms with E-state index in [0.717, 1.165) is 11.3 Å². The molecule has 3 aromatic rings. The third kappa shape index (κ3) is 5.53. The summed E-state index contributed by atoms with van der Waals surface area (Å²) >= 11 is 18.0.